The number of ether oxygens (including phenoxy) is 1. The molecular formula is C24H19ClN4O3. The number of anilines is 1. The first-order chi connectivity index (χ1) is 15.6. The van der Waals surface area contributed by atoms with Gasteiger partial charge in [-0.25, -0.2) is 0 Å². The van der Waals surface area contributed by atoms with Crippen molar-refractivity contribution in [1.29, 1.82) is 0 Å². The van der Waals surface area contributed by atoms with Gasteiger partial charge in [0.05, 0.1) is 11.2 Å². The van der Waals surface area contributed by atoms with Crippen molar-refractivity contribution in [2.75, 3.05) is 5.32 Å². The molecule has 1 heterocycles. The smallest absolute Gasteiger partial charge is 0.252 e. The first-order valence-corrected chi connectivity index (χ1v) is 10.2. The van der Waals surface area contributed by atoms with Crippen molar-refractivity contribution >= 4 is 29.2 Å². The number of halogens is 1. The van der Waals surface area contributed by atoms with Crippen LogP contribution in [0.1, 0.15) is 22.0 Å². The first-order valence-electron chi connectivity index (χ1n) is 9.78. The summed E-state index contributed by atoms with van der Waals surface area (Å²) in [6.45, 7) is 0. The number of aromatic amines is 1. The lowest BCUT2D eigenvalue weighted by atomic mass is 10.1. The Morgan fingerprint density at radius 1 is 0.906 bits per heavy atom. The number of carbonyl (C=O) groups is 2. The second-order valence-electron chi connectivity index (χ2n) is 6.83. The van der Waals surface area contributed by atoms with Crippen molar-refractivity contribution in [3.05, 3.63) is 107 Å². The van der Waals surface area contributed by atoms with E-state index in [1.54, 1.807) is 66.7 Å². The van der Waals surface area contributed by atoms with E-state index in [2.05, 4.69) is 20.8 Å². The summed E-state index contributed by atoms with van der Waals surface area (Å²) in [5, 5.41) is 12.5. The molecule has 0 aliphatic carbocycles. The number of hydrogen-bond donors (Lipinski definition) is 3. The zero-order valence-electron chi connectivity index (χ0n) is 16.8. The van der Waals surface area contributed by atoms with Crippen molar-refractivity contribution in [2.45, 2.75) is 6.04 Å². The van der Waals surface area contributed by atoms with Crippen LogP contribution in [0.15, 0.2) is 91.1 Å². The van der Waals surface area contributed by atoms with Gasteiger partial charge in [-0.2, -0.15) is 5.10 Å². The van der Waals surface area contributed by atoms with Crippen molar-refractivity contribution in [3.63, 3.8) is 0 Å². The minimum Gasteiger partial charge on any atom is -0.456 e. The van der Waals surface area contributed by atoms with Crippen LogP contribution in [0.25, 0.3) is 0 Å². The molecule has 0 saturated carbocycles. The fourth-order valence-corrected chi connectivity index (χ4v) is 3.19. The number of nitrogens with one attached hydrogen (secondary N) is 3. The lowest BCUT2D eigenvalue weighted by Crippen LogP contribution is -2.37. The molecule has 2 amide bonds. The Balaban J connectivity index is 1.49. The predicted molar refractivity (Wildman–Crippen MR) is 122 cm³/mol. The third kappa shape index (κ3) is 5.14. The number of carbonyl (C=O) groups excluding carboxylic acids is 2. The van der Waals surface area contributed by atoms with E-state index in [0.29, 0.717) is 33.5 Å². The van der Waals surface area contributed by atoms with Gasteiger partial charge < -0.3 is 15.4 Å². The molecule has 4 rings (SSSR count). The molecule has 0 spiro atoms. The maximum Gasteiger partial charge on any atom is 0.252 e. The normalized spacial score (nSPS) is 11.4. The summed E-state index contributed by atoms with van der Waals surface area (Å²) in [6, 6.07) is 23.4. The van der Waals surface area contributed by atoms with E-state index in [-0.39, 0.29) is 0 Å². The Hall–Kier alpha value is -4.10. The van der Waals surface area contributed by atoms with Crippen LogP contribution in [-0.4, -0.2) is 22.0 Å². The SMILES string of the molecule is O=C(NC(C(=O)Nc1ccn[nH]1)c1ccccc1)c1ccc(Oc2ccccc2Cl)cc1. The maximum atomic E-state index is 12.9. The fourth-order valence-electron chi connectivity index (χ4n) is 3.02. The van der Waals surface area contributed by atoms with Crippen LogP contribution in [0.3, 0.4) is 0 Å². The van der Waals surface area contributed by atoms with Crippen molar-refractivity contribution < 1.29 is 14.3 Å². The molecule has 8 heteroatoms. The zero-order valence-corrected chi connectivity index (χ0v) is 17.5. The number of aromatic nitrogens is 2. The Morgan fingerprint density at radius 3 is 2.31 bits per heavy atom. The lowest BCUT2D eigenvalue weighted by Gasteiger charge is -2.18. The van der Waals surface area contributed by atoms with Gasteiger partial charge in [-0.15, -0.1) is 0 Å². The van der Waals surface area contributed by atoms with Gasteiger partial charge in [-0.3, -0.25) is 14.7 Å². The molecule has 4 aromatic rings. The molecule has 1 aromatic heterocycles. The van der Waals surface area contributed by atoms with E-state index < -0.39 is 17.9 Å². The number of amides is 2. The van der Waals surface area contributed by atoms with Gasteiger partial charge in [0.15, 0.2) is 0 Å². The molecule has 0 saturated heterocycles. The molecular weight excluding hydrogens is 428 g/mol. The molecule has 3 aromatic carbocycles. The van der Waals surface area contributed by atoms with Gasteiger partial charge in [-0.1, -0.05) is 54.1 Å². The highest BCUT2D eigenvalue weighted by Crippen LogP contribution is 2.29. The van der Waals surface area contributed by atoms with Crippen LogP contribution in [0.5, 0.6) is 11.5 Å². The average molecular weight is 447 g/mol. The number of hydrogen-bond acceptors (Lipinski definition) is 4. The Bertz CT molecular complexity index is 1200. The monoisotopic (exact) mass is 446 g/mol. The molecule has 7 nitrogen and oxygen atoms in total. The topological polar surface area (TPSA) is 96.1 Å². The molecule has 1 atom stereocenters. The van der Waals surface area contributed by atoms with E-state index in [9.17, 15) is 9.59 Å². The molecule has 0 fully saturated rings. The summed E-state index contributed by atoms with van der Waals surface area (Å²) < 4.78 is 5.75. The molecule has 0 radical (unpaired) electrons. The van der Waals surface area contributed by atoms with Crippen LogP contribution in [0, 0.1) is 0 Å². The summed E-state index contributed by atoms with van der Waals surface area (Å²) >= 11 is 6.12. The van der Waals surface area contributed by atoms with Gasteiger partial charge >= 0.3 is 0 Å². The molecule has 160 valence electrons. The molecule has 0 aliphatic heterocycles. The molecule has 0 bridgehead atoms. The zero-order chi connectivity index (χ0) is 22.3. The minimum absolute atomic E-state index is 0.381. The van der Waals surface area contributed by atoms with Crippen LogP contribution >= 0.6 is 11.6 Å². The van der Waals surface area contributed by atoms with E-state index >= 15 is 0 Å². The molecule has 3 N–H and O–H groups in total. The van der Waals surface area contributed by atoms with E-state index in [0.717, 1.165) is 0 Å². The summed E-state index contributed by atoms with van der Waals surface area (Å²) in [4.78, 5) is 25.7. The fraction of sp³-hybridized carbons (Fsp3) is 0.0417. The number of nitrogens with zero attached hydrogens (tertiary/aromatic N) is 1. The van der Waals surface area contributed by atoms with Crippen LogP contribution < -0.4 is 15.4 Å². The number of rotatable bonds is 7. The summed E-state index contributed by atoms with van der Waals surface area (Å²) in [5.74, 6) is 0.693. The van der Waals surface area contributed by atoms with E-state index in [4.69, 9.17) is 16.3 Å². The van der Waals surface area contributed by atoms with Crippen LogP contribution in [0.4, 0.5) is 5.82 Å². The van der Waals surface area contributed by atoms with Crippen molar-refractivity contribution in [3.8, 4) is 11.5 Å². The summed E-state index contributed by atoms with van der Waals surface area (Å²) in [6.07, 6.45) is 1.53. The second-order valence-corrected chi connectivity index (χ2v) is 7.24. The summed E-state index contributed by atoms with van der Waals surface area (Å²) in [5.41, 5.74) is 1.03. The highest BCUT2D eigenvalue weighted by atomic mass is 35.5. The largest absolute Gasteiger partial charge is 0.456 e. The molecule has 0 aliphatic rings. The van der Waals surface area contributed by atoms with Gasteiger partial charge in [-0.05, 0) is 42.0 Å². The Morgan fingerprint density at radius 2 is 1.62 bits per heavy atom. The standard InChI is InChI=1S/C24H19ClN4O3/c25-19-8-4-5-9-20(19)32-18-12-10-17(11-13-18)23(30)28-22(16-6-2-1-3-7-16)24(31)27-21-14-15-26-29-21/h1-15,22H,(H,28,30)(H2,26,27,29,31). The number of benzene rings is 3. The van der Waals surface area contributed by atoms with Crippen molar-refractivity contribution in [1.82, 2.24) is 15.5 Å². The molecule has 32 heavy (non-hydrogen) atoms. The average Bonchev–Trinajstić information content (AvgIpc) is 3.33. The first kappa shape index (κ1) is 21.1. The van der Waals surface area contributed by atoms with Gasteiger partial charge in [0.2, 0.25) is 0 Å². The quantitative estimate of drug-likeness (QED) is 0.373. The van der Waals surface area contributed by atoms with Gasteiger partial charge in [0, 0.05) is 11.6 Å². The van der Waals surface area contributed by atoms with E-state index in [1.807, 2.05) is 18.2 Å². The molecule has 1 unspecified atom stereocenters. The predicted octanol–water partition coefficient (Wildman–Crippen LogP) is 4.97. The second kappa shape index (κ2) is 9.80. The third-order valence-corrected chi connectivity index (χ3v) is 4.92. The Labute approximate surface area is 189 Å². The Kier molecular flexibility index (Phi) is 6.48. The highest BCUT2D eigenvalue weighted by molar-refractivity contribution is 6.32. The third-order valence-electron chi connectivity index (χ3n) is 4.61. The highest BCUT2D eigenvalue weighted by Gasteiger charge is 2.23. The van der Waals surface area contributed by atoms with Gasteiger partial charge in [0.25, 0.3) is 11.8 Å². The minimum atomic E-state index is -0.897. The van der Waals surface area contributed by atoms with Crippen LogP contribution in [0.2, 0.25) is 5.02 Å². The maximum absolute atomic E-state index is 12.9. The summed E-state index contributed by atoms with van der Waals surface area (Å²) in [7, 11) is 0. The van der Waals surface area contributed by atoms with Crippen molar-refractivity contribution in [2.24, 2.45) is 0 Å². The lowest BCUT2D eigenvalue weighted by molar-refractivity contribution is -0.118. The van der Waals surface area contributed by atoms with Crippen LogP contribution in [-0.2, 0) is 4.79 Å². The number of para-hydroxylation sites is 1. The van der Waals surface area contributed by atoms with Gasteiger partial charge in [0.1, 0.15) is 23.4 Å². The number of H-pyrrole nitrogens is 1. The van der Waals surface area contributed by atoms with E-state index in [1.165, 1.54) is 6.20 Å².